The van der Waals surface area contributed by atoms with Crippen LogP contribution in [-0.2, 0) is 0 Å². The topological polar surface area (TPSA) is 67.8 Å². The number of benzene rings is 2. The predicted octanol–water partition coefficient (Wildman–Crippen LogP) is 3.61. The zero-order chi connectivity index (χ0) is 15.4. The van der Waals surface area contributed by atoms with E-state index in [9.17, 15) is 8.78 Å². The number of hydrogen-bond acceptors (Lipinski definition) is 3. The number of hydrogen-bond donors (Lipinski definition) is 1. The first-order chi connectivity index (χ1) is 10.0. The predicted molar refractivity (Wildman–Crippen MR) is 72.7 cm³/mol. The highest BCUT2D eigenvalue weighted by atomic mass is 19.1. The van der Waals surface area contributed by atoms with Crippen molar-refractivity contribution >= 4 is 11.6 Å². The van der Waals surface area contributed by atoms with Crippen LogP contribution < -0.4 is 0 Å². The van der Waals surface area contributed by atoms with Crippen molar-refractivity contribution in [3.63, 3.8) is 0 Å². The lowest BCUT2D eigenvalue weighted by atomic mass is 10.0. The quantitative estimate of drug-likeness (QED) is 0.675. The maximum absolute atomic E-state index is 13.3. The van der Waals surface area contributed by atoms with Gasteiger partial charge in [-0.05, 0) is 41.5 Å². The van der Waals surface area contributed by atoms with Crippen LogP contribution in [0.1, 0.15) is 16.7 Å². The van der Waals surface area contributed by atoms with Gasteiger partial charge < -0.3 is 5.11 Å². The minimum absolute atomic E-state index is 0.115. The van der Waals surface area contributed by atoms with Crippen LogP contribution >= 0.6 is 0 Å². The molecular formula is C16H8F2N2O. The maximum atomic E-state index is 13.3. The van der Waals surface area contributed by atoms with Gasteiger partial charge in [-0.1, -0.05) is 12.1 Å². The van der Waals surface area contributed by atoms with Gasteiger partial charge in [0.1, 0.15) is 0 Å². The van der Waals surface area contributed by atoms with Gasteiger partial charge in [-0.25, -0.2) is 8.78 Å². The molecule has 0 unspecified atom stereocenters. The molecule has 0 aliphatic heterocycles. The van der Waals surface area contributed by atoms with Crippen LogP contribution in [0.4, 0.5) is 8.78 Å². The summed E-state index contributed by atoms with van der Waals surface area (Å²) in [6.07, 6.45) is 1.30. The van der Waals surface area contributed by atoms with E-state index in [0.29, 0.717) is 11.1 Å². The van der Waals surface area contributed by atoms with Gasteiger partial charge in [0.15, 0.2) is 17.4 Å². The highest BCUT2D eigenvalue weighted by Gasteiger charge is 2.09. The van der Waals surface area contributed by atoms with Gasteiger partial charge in [0.05, 0.1) is 23.3 Å². The lowest BCUT2D eigenvalue weighted by Gasteiger charge is -2.02. The van der Waals surface area contributed by atoms with Crippen molar-refractivity contribution in [2.45, 2.75) is 0 Å². The molecular weight excluding hydrogens is 274 g/mol. The Morgan fingerprint density at radius 3 is 2.10 bits per heavy atom. The fourth-order valence-corrected chi connectivity index (χ4v) is 1.74. The molecule has 102 valence electrons. The SMILES string of the molecule is N#C/C(=C\c1cc(F)c(O)c(F)c1)c1ccc(C#N)cc1. The number of phenolic OH excluding ortho intramolecular Hbond substituents is 1. The Hall–Kier alpha value is -3.18. The minimum Gasteiger partial charge on any atom is -0.503 e. The molecule has 0 fully saturated rings. The largest absolute Gasteiger partial charge is 0.503 e. The van der Waals surface area contributed by atoms with E-state index in [1.165, 1.54) is 6.08 Å². The summed E-state index contributed by atoms with van der Waals surface area (Å²) in [6, 6.07) is 12.0. The molecule has 0 aliphatic rings. The number of nitriles is 2. The highest BCUT2D eigenvalue weighted by Crippen LogP contribution is 2.24. The molecule has 0 saturated heterocycles. The Morgan fingerprint density at radius 2 is 1.62 bits per heavy atom. The Labute approximate surface area is 119 Å². The number of phenols is 1. The van der Waals surface area contributed by atoms with Gasteiger partial charge >= 0.3 is 0 Å². The summed E-state index contributed by atoms with van der Waals surface area (Å²) in [7, 11) is 0. The normalized spacial score (nSPS) is 10.8. The summed E-state index contributed by atoms with van der Waals surface area (Å²) < 4.78 is 26.5. The molecule has 2 aromatic rings. The number of rotatable bonds is 2. The molecule has 5 heteroatoms. The van der Waals surface area contributed by atoms with Gasteiger partial charge in [-0.3, -0.25) is 0 Å². The number of nitrogens with zero attached hydrogens (tertiary/aromatic N) is 2. The molecule has 3 nitrogen and oxygen atoms in total. The first-order valence-corrected chi connectivity index (χ1v) is 5.85. The van der Waals surface area contributed by atoms with Gasteiger partial charge in [-0.2, -0.15) is 10.5 Å². The summed E-state index contributed by atoms with van der Waals surface area (Å²) in [5.41, 5.74) is 1.26. The van der Waals surface area contributed by atoms with E-state index < -0.39 is 17.4 Å². The van der Waals surface area contributed by atoms with Crippen molar-refractivity contribution in [1.29, 1.82) is 10.5 Å². The van der Waals surface area contributed by atoms with E-state index in [0.717, 1.165) is 12.1 Å². The van der Waals surface area contributed by atoms with E-state index in [2.05, 4.69) is 0 Å². The number of allylic oxidation sites excluding steroid dienone is 1. The molecule has 2 rings (SSSR count). The van der Waals surface area contributed by atoms with Crippen molar-refractivity contribution in [1.82, 2.24) is 0 Å². The zero-order valence-electron chi connectivity index (χ0n) is 10.6. The van der Waals surface area contributed by atoms with E-state index in [1.54, 1.807) is 24.3 Å². The summed E-state index contributed by atoms with van der Waals surface area (Å²) >= 11 is 0. The van der Waals surface area contributed by atoms with Gasteiger partial charge in [0.25, 0.3) is 0 Å². The van der Waals surface area contributed by atoms with Crippen LogP contribution in [0.5, 0.6) is 5.75 Å². The molecule has 0 atom stereocenters. The Morgan fingerprint density at radius 1 is 1.05 bits per heavy atom. The third-order valence-corrected chi connectivity index (χ3v) is 2.80. The molecule has 21 heavy (non-hydrogen) atoms. The molecule has 2 aromatic carbocycles. The second-order valence-corrected chi connectivity index (χ2v) is 4.19. The first kappa shape index (κ1) is 14.2. The van der Waals surface area contributed by atoms with Crippen LogP contribution in [0, 0.1) is 34.3 Å². The van der Waals surface area contributed by atoms with Crippen LogP contribution in [-0.4, -0.2) is 5.11 Å². The average Bonchev–Trinajstić information content (AvgIpc) is 2.50. The fraction of sp³-hybridized carbons (Fsp3) is 0. The lowest BCUT2D eigenvalue weighted by Crippen LogP contribution is -1.87. The lowest BCUT2D eigenvalue weighted by molar-refractivity contribution is 0.396. The second-order valence-electron chi connectivity index (χ2n) is 4.19. The summed E-state index contributed by atoms with van der Waals surface area (Å²) in [5.74, 6) is -3.25. The van der Waals surface area contributed by atoms with Crippen LogP contribution in [0.15, 0.2) is 36.4 Å². The molecule has 0 saturated carbocycles. The minimum atomic E-state index is -1.10. The summed E-state index contributed by atoms with van der Waals surface area (Å²) in [4.78, 5) is 0. The van der Waals surface area contributed by atoms with E-state index in [4.69, 9.17) is 15.6 Å². The van der Waals surface area contributed by atoms with Gasteiger partial charge in [-0.15, -0.1) is 0 Å². The number of aromatic hydroxyl groups is 1. The van der Waals surface area contributed by atoms with Crippen molar-refractivity contribution in [2.24, 2.45) is 0 Å². The standard InChI is InChI=1S/C16H8F2N2O/c17-14-6-11(7-15(18)16(14)21)5-13(9-20)12-3-1-10(8-19)2-4-12/h1-7,21H/b13-5+. The smallest absolute Gasteiger partial charge is 0.187 e. The monoisotopic (exact) mass is 282 g/mol. The molecule has 0 radical (unpaired) electrons. The third-order valence-electron chi connectivity index (χ3n) is 2.80. The van der Waals surface area contributed by atoms with E-state index >= 15 is 0 Å². The average molecular weight is 282 g/mol. The highest BCUT2D eigenvalue weighted by molar-refractivity contribution is 5.89. The maximum Gasteiger partial charge on any atom is 0.187 e. The Balaban J connectivity index is 2.46. The molecule has 0 heterocycles. The molecule has 0 aliphatic carbocycles. The fourth-order valence-electron chi connectivity index (χ4n) is 1.74. The molecule has 0 amide bonds. The van der Waals surface area contributed by atoms with Crippen molar-refractivity contribution in [3.05, 3.63) is 64.7 Å². The second kappa shape index (κ2) is 5.85. The molecule has 0 aromatic heterocycles. The van der Waals surface area contributed by atoms with Crippen LogP contribution in [0.25, 0.3) is 11.6 Å². The van der Waals surface area contributed by atoms with E-state index in [-0.39, 0.29) is 11.1 Å². The number of halogens is 2. The van der Waals surface area contributed by atoms with Crippen molar-refractivity contribution in [3.8, 4) is 17.9 Å². The summed E-state index contributed by atoms with van der Waals surface area (Å²) in [6.45, 7) is 0. The Kier molecular flexibility index (Phi) is 3.97. The first-order valence-electron chi connectivity index (χ1n) is 5.85. The molecule has 1 N–H and O–H groups in total. The van der Waals surface area contributed by atoms with Crippen molar-refractivity contribution in [2.75, 3.05) is 0 Å². The van der Waals surface area contributed by atoms with Gasteiger partial charge in [0, 0.05) is 0 Å². The van der Waals surface area contributed by atoms with Crippen LogP contribution in [0.2, 0.25) is 0 Å². The zero-order valence-corrected chi connectivity index (χ0v) is 10.6. The van der Waals surface area contributed by atoms with Crippen LogP contribution in [0.3, 0.4) is 0 Å². The third kappa shape index (κ3) is 3.05. The molecule has 0 bridgehead atoms. The van der Waals surface area contributed by atoms with Crippen molar-refractivity contribution < 1.29 is 13.9 Å². The summed E-state index contributed by atoms with van der Waals surface area (Å²) in [5, 5.41) is 26.9. The molecule has 0 spiro atoms. The van der Waals surface area contributed by atoms with Gasteiger partial charge in [0.2, 0.25) is 0 Å². The Bertz CT molecular complexity index is 774. The van der Waals surface area contributed by atoms with E-state index in [1.807, 2.05) is 12.1 Å².